The summed E-state index contributed by atoms with van der Waals surface area (Å²) in [6.07, 6.45) is 4.37. The van der Waals surface area contributed by atoms with E-state index < -0.39 is 0 Å². The molecule has 3 rings (SSSR count). The lowest BCUT2D eigenvalue weighted by atomic mass is 9.95. The molecule has 1 aromatic rings. The van der Waals surface area contributed by atoms with Crippen LogP contribution in [0.4, 0.5) is 4.39 Å². The Morgan fingerprint density at radius 2 is 1.73 bits per heavy atom. The van der Waals surface area contributed by atoms with E-state index in [4.69, 9.17) is 4.99 Å². The molecule has 5 nitrogen and oxygen atoms in total. The Morgan fingerprint density at radius 1 is 1.03 bits per heavy atom. The van der Waals surface area contributed by atoms with Crippen LogP contribution >= 0.6 is 24.0 Å². The van der Waals surface area contributed by atoms with Crippen molar-refractivity contribution in [2.45, 2.75) is 44.9 Å². The Kier molecular flexibility index (Phi) is 10.8. The van der Waals surface area contributed by atoms with Crippen LogP contribution in [0.1, 0.15) is 45.1 Å². The number of hydrogen-bond acceptors (Lipinski definition) is 3. The number of unbranched alkanes of at least 4 members (excludes halogenated alkanes) is 1. The standard InChI is InChI=1S/C23H38FN5.HI/c1-3-25-22(26-13-7-8-14-29-17-15-28(4-2)16-18-29)27-19-23(11-12-23)20-9-5-6-10-21(20)24;/h5-6,9-10H,3-4,7-8,11-19H2,1-2H3,(H2,25,26,27);1H. The minimum atomic E-state index is -0.103. The molecule has 170 valence electrons. The number of likely N-dealkylation sites (N-methyl/N-ethyl adjacent to an activating group) is 1. The van der Waals surface area contributed by atoms with Crippen molar-refractivity contribution in [3.8, 4) is 0 Å². The van der Waals surface area contributed by atoms with Gasteiger partial charge in [-0.2, -0.15) is 0 Å². The van der Waals surface area contributed by atoms with E-state index in [2.05, 4.69) is 34.3 Å². The molecule has 2 fully saturated rings. The quantitative estimate of drug-likeness (QED) is 0.210. The average Bonchev–Trinajstić information content (AvgIpc) is 3.53. The number of nitrogens with zero attached hydrogens (tertiary/aromatic N) is 3. The number of piperazine rings is 1. The fourth-order valence-corrected chi connectivity index (χ4v) is 4.12. The summed E-state index contributed by atoms with van der Waals surface area (Å²) in [6.45, 7) is 13.9. The molecule has 1 aliphatic carbocycles. The molecular formula is C23H39FIN5. The van der Waals surface area contributed by atoms with E-state index in [-0.39, 0.29) is 35.2 Å². The minimum absolute atomic E-state index is 0. The van der Waals surface area contributed by atoms with E-state index in [0.717, 1.165) is 43.9 Å². The molecule has 7 heteroatoms. The third kappa shape index (κ3) is 7.34. The van der Waals surface area contributed by atoms with Crippen molar-refractivity contribution >= 4 is 29.9 Å². The Hall–Kier alpha value is -0.930. The van der Waals surface area contributed by atoms with Crippen molar-refractivity contribution in [2.75, 3.05) is 58.9 Å². The monoisotopic (exact) mass is 531 g/mol. The third-order valence-electron chi connectivity index (χ3n) is 6.29. The summed E-state index contributed by atoms with van der Waals surface area (Å²) in [4.78, 5) is 9.88. The first-order chi connectivity index (χ1) is 14.2. The van der Waals surface area contributed by atoms with Gasteiger partial charge in [-0.3, -0.25) is 4.99 Å². The van der Waals surface area contributed by atoms with Crippen molar-refractivity contribution in [3.05, 3.63) is 35.6 Å². The first-order valence-corrected chi connectivity index (χ1v) is 11.4. The van der Waals surface area contributed by atoms with Gasteiger partial charge in [0.05, 0.1) is 6.54 Å². The van der Waals surface area contributed by atoms with Crippen LogP contribution < -0.4 is 10.6 Å². The van der Waals surface area contributed by atoms with Gasteiger partial charge in [0, 0.05) is 44.7 Å². The molecule has 0 bridgehead atoms. The van der Waals surface area contributed by atoms with Crippen LogP contribution in [0.3, 0.4) is 0 Å². The van der Waals surface area contributed by atoms with Gasteiger partial charge in [-0.15, -0.1) is 24.0 Å². The molecule has 1 saturated heterocycles. The first kappa shape index (κ1) is 25.3. The topological polar surface area (TPSA) is 42.9 Å². The first-order valence-electron chi connectivity index (χ1n) is 11.4. The Bertz CT molecular complexity index is 657. The van der Waals surface area contributed by atoms with Gasteiger partial charge in [0.15, 0.2) is 5.96 Å². The second kappa shape index (κ2) is 12.8. The van der Waals surface area contributed by atoms with Crippen molar-refractivity contribution in [1.29, 1.82) is 0 Å². The molecule has 0 radical (unpaired) electrons. The van der Waals surface area contributed by atoms with E-state index >= 15 is 0 Å². The summed E-state index contributed by atoms with van der Waals surface area (Å²) in [5, 5.41) is 6.79. The summed E-state index contributed by atoms with van der Waals surface area (Å²) in [5.41, 5.74) is 0.719. The van der Waals surface area contributed by atoms with Crippen molar-refractivity contribution in [3.63, 3.8) is 0 Å². The molecule has 30 heavy (non-hydrogen) atoms. The lowest BCUT2D eigenvalue weighted by molar-refractivity contribution is 0.136. The molecule has 0 amide bonds. The highest BCUT2D eigenvalue weighted by molar-refractivity contribution is 14.0. The van der Waals surface area contributed by atoms with E-state index in [1.165, 1.54) is 45.7 Å². The summed E-state index contributed by atoms with van der Waals surface area (Å²) in [6, 6.07) is 7.16. The average molecular weight is 532 g/mol. The third-order valence-corrected chi connectivity index (χ3v) is 6.29. The minimum Gasteiger partial charge on any atom is -0.357 e. The molecule has 1 saturated carbocycles. The maximum atomic E-state index is 14.2. The number of aliphatic imine (C=N–C) groups is 1. The van der Waals surface area contributed by atoms with Gasteiger partial charge in [0.25, 0.3) is 0 Å². The summed E-state index contributed by atoms with van der Waals surface area (Å²) in [7, 11) is 0. The van der Waals surface area contributed by atoms with Gasteiger partial charge in [-0.05, 0) is 57.3 Å². The second-order valence-electron chi connectivity index (χ2n) is 8.37. The number of halogens is 2. The fraction of sp³-hybridized carbons (Fsp3) is 0.696. The predicted octanol–water partition coefficient (Wildman–Crippen LogP) is 3.45. The van der Waals surface area contributed by atoms with Gasteiger partial charge in [0.2, 0.25) is 0 Å². The van der Waals surface area contributed by atoms with E-state index in [9.17, 15) is 4.39 Å². The Balaban J connectivity index is 0.00000320. The van der Waals surface area contributed by atoms with Gasteiger partial charge < -0.3 is 20.4 Å². The smallest absolute Gasteiger partial charge is 0.191 e. The highest BCUT2D eigenvalue weighted by Crippen LogP contribution is 2.49. The van der Waals surface area contributed by atoms with Crippen LogP contribution in [0.25, 0.3) is 0 Å². The Morgan fingerprint density at radius 3 is 2.37 bits per heavy atom. The van der Waals surface area contributed by atoms with Crippen molar-refractivity contribution in [1.82, 2.24) is 20.4 Å². The molecule has 0 unspecified atom stereocenters. The second-order valence-corrected chi connectivity index (χ2v) is 8.37. The maximum absolute atomic E-state index is 14.2. The van der Waals surface area contributed by atoms with Gasteiger partial charge in [-0.1, -0.05) is 25.1 Å². The maximum Gasteiger partial charge on any atom is 0.191 e. The van der Waals surface area contributed by atoms with E-state index in [1.54, 1.807) is 12.1 Å². The molecule has 0 aromatic heterocycles. The zero-order valence-corrected chi connectivity index (χ0v) is 21.0. The van der Waals surface area contributed by atoms with Crippen LogP contribution in [-0.4, -0.2) is 74.7 Å². The van der Waals surface area contributed by atoms with E-state index in [0.29, 0.717) is 6.54 Å². The lowest BCUT2D eigenvalue weighted by Crippen LogP contribution is -2.46. The number of hydrogen-bond donors (Lipinski definition) is 2. The SMILES string of the molecule is CCNC(=NCC1(c2ccccc2F)CC1)NCCCCN1CCN(CC)CC1.I. The summed E-state index contributed by atoms with van der Waals surface area (Å²) < 4.78 is 14.2. The molecule has 0 spiro atoms. The molecule has 1 aromatic carbocycles. The predicted molar refractivity (Wildman–Crippen MR) is 134 cm³/mol. The molecular weight excluding hydrogens is 492 g/mol. The lowest BCUT2D eigenvalue weighted by Gasteiger charge is -2.34. The largest absolute Gasteiger partial charge is 0.357 e. The Labute approximate surface area is 198 Å². The molecule has 1 aliphatic heterocycles. The van der Waals surface area contributed by atoms with Crippen LogP contribution in [-0.2, 0) is 5.41 Å². The molecule has 1 heterocycles. The number of nitrogens with one attached hydrogen (secondary N) is 2. The van der Waals surface area contributed by atoms with Crippen molar-refractivity contribution < 1.29 is 4.39 Å². The number of guanidine groups is 1. The van der Waals surface area contributed by atoms with E-state index in [1.807, 2.05) is 12.1 Å². The van der Waals surface area contributed by atoms with Gasteiger partial charge in [-0.25, -0.2) is 4.39 Å². The normalized spacial score (nSPS) is 19.2. The zero-order valence-electron chi connectivity index (χ0n) is 18.6. The van der Waals surface area contributed by atoms with Crippen LogP contribution in [0.5, 0.6) is 0 Å². The van der Waals surface area contributed by atoms with Crippen molar-refractivity contribution in [2.24, 2.45) is 4.99 Å². The van der Waals surface area contributed by atoms with Crippen LogP contribution in [0.15, 0.2) is 29.3 Å². The summed E-state index contributed by atoms with van der Waals surface area (Å²) >= 11 is 0. The summed E-state index contributed by atoms with van der Waals surface area (Å²) in [5.74, 6) is 0.754. The van der Waals surface area contributed by atoms with Gasteiger partial charge in [0.1, 0.15) is 5.82 Å². The fourth-order valence-electron chi connectivity index (χ4n) is 4.12. The number of benzene rings is 1. The zero-order chi connectivity index (χ0) is 20.5. The highest BCUT2D eigenvalue weighted by Gasteiger charge is 2.45. The molecule has 2 N–H and O–H groups in total. The molecule has 2 aliphatic rings. The van der Waals surface area contributed by atoms with Crippen LogP contribution in [0, 0.1) is 5.82 Å². The molecule has 0 atom stereocenters. The number of rotatable bonds is 10. The highest BCUT2D eigenvalue weighted by atomic mass is 127. The van der Waals surface area contributed by atoms with Crippen LogP contribution in [0.2, 0.25) is 0 Å². The van der Waals surface area contributed by atoms with Gasteiger partial charge >= 0.3 is 0 Å².